The van der Waals surface area contributed by atoms with Crippen molar-refractivity contribution in [1.82, 2.24) is 9.55 Å². The van der Waals surface area contributed by atoms with Crippen molar-refractivity contribution in [1.29, 1.82) is 0 Å². The van der Waals surface area contributed by atoms with Gasteiger partial charge in [0.1, 0.15) is 4.83 Å². The van der Waals surface area contributed by atoms with Crippen molar-refractivity contribution in [2.45, 2.75) is 30.8 Å². The van der Waals surface area contributed by atoms with Crippen LogP contribution >= 0.6 is 46.3 Å². The first-order valence-electron chi connectivity index (χ1n) is 8.82. The molecule has 1 aliphatic rings. The fourth-order valence-corrected chi connectivity index (χ4v) is 5.95. The van der Waals surface area contributed by atoms with E-state index in [-0.39, 0.29) is 17.2 Å². The van der Waals surface area contributed by atoms with Gasteiger partial charge in [0.2, 0.25) is 5.91 Å². The number of thioether (sulfide) groups is 1. The van der Waals surface area contributed by atoms with Crippen LogP contribution in [0.2, 0.25) is 10.0 Å². The van der Waals surface area contributed by atoms with Gasteiger partial charge < -0.3 is 5.32 Å². The van der Waals surface area contributed by atoms with Gasteiger partial charge in [-0.15, -0.1) is 11.3 Å². The summed E-state index contributed by atoms with van der Waals surface area (Å²) in [6.07, 6.45) is 4.25. The molecule has 0 atom stereocenters. The van der Waals surface area contributed by atoms with Crippen molar-refractivity contribution in [2.24, 2.45) is 7.05 Å². The molecule has 0 fully saturated rings. The molecule has 28 heavy (non-hydrogen) atoms. The lowest BCUT2D eigenvalue weighted by molar-refractivity contribution is -0.113. The largest absolute Gasteiger partial charge is 0.325 e. The molecule has 0 saturated heterocycles. The van der Waals surface area contributed by atoms with Crippen LogP contribution in [0, 0.1) is 0 Å². The lowest BCUT2D eigenvalue weighted by Gasteiger charge is -2.11. The number of thiophene rings is 1. The molecule has 0 aliphatic heterocycles. The Balaban J connectivity index is 1.54. The van der Waals surface area contributed by atoms with E-state index in [0.717, 1.165) is 35.9 Å². The van der Waals surface area contributed by atoms with Crippen molar-refractivity contribution >= 4 is 68.1 Å². The number of carbonyl (C=O) groups excluding carboxylic acids is 1. The predicted molar refractivity (Wildman–Crippen MR) is 117 cm³/mol. The summed E-state index contributed by atoms with van der Waals surface area (Å²) in [4.78, 5) is 31.9. The van der Waals surface area contributed by atoms with Crippen LogP contribution in [-0.4, -0.2) is 21.2 Å². The first-order valence-corrected chi connectivity index (χ1v) is 11.4. The minimum absolute atomic E-state index is 0.0334. The van der Waals surface area contributed by atoms with E-state index in [1.54, 1.807) is 36.6 Å². The summed E-state index contributed by atoms with van der Waals surface area (Å²) >= 11 is 14.8. The van der Waals surface area contributed by atoms with Crippen molar-refractivity contribution in [3.8, 4) is 0 Å². The van der Waals surface area contributed by atoms with Crippen LogP contribution in [0.3, 0.4) is 0 Å². The molecule has 146 valence electrons. The molecule has 0 unspecified atom stereocenters. The zero-order chi connectivity index (χ0) is 19.8. The third-order valence-electron chi connectivity index (χ3n) is 4.63. The van der Waals surface area contributed by atoms with Gasteiger partial charge in [0, 0.05) is 27.7 Å². The van der Waals surface area contributed by atoms with Crippen molar-refractivity contribution in [3.63, 3.8) is 0 Å². The topological polar surface area (TPSA) is 64.0 Å². The number of halogens is 2. The normalized spacial score (nSPS) is 13.5. The Labute approximate surface area is 180 Å². The number of aromatic nitrogens is 2. The second kappa shape index (κ2) is 8.06. The molecule has 2 heterocycles. The zero-order valence-electron chi connectivity index (χ0n) is 15.1. The highest BCUT2D eigenvalue weighted by Gasteiger charge is 2.21. The molecule has 0 bridgehead atoms. The average molecular weight is 454 g/mol. The van der Waals surface area contributed by atoms with Crippen molar-refractivity contribution < 1.29 is 4.79 Å². The van der Waals surface area contributed by atoms with Crippen molar-refractivity contribution in [2.75, 3.05) is 11.1 Å². The van der Waals surface area contributed by atoms with Crippen LogP contribution in [-0.2, 0) is 24.7 Å². The molecule has 5 nitrogen and oxygen atoms in total. The van der Waals surface area contributed by atoms with Crippen molar-refractivity contribution in [3.05, 3.63) is 49.0 Å². The lowest BCUT2D eigenvalue weighted by atomic mass is 9.97. The fraction of sp³-hybridized carbons (Fsp3) is 0.316. The van der Waals surface area contributed by atoms with E-state index in [2.05, 4.69) is 10.3 Å². The molecule has 0 spiro atoms. The Hall–Kier alpha value is -1.54. The number of anilines is 1. The van der Waals surface area contributed by atoms with Gasteiger partial charge in [0.05, 0.1) is 11.1 Å². The highest BCUT2D eigenvalue weighted by Crippen LogP contribution is 2.34. The number of nitrogens with zero attached hydrogens (tertiary/aromatic N) is 2. The molecular weight excluding hydrogens is 437 g/mol. The number of fused-ring (bicyclic) bond motifs is 3. The zero-order valence-corrected chi connectivity index (χ0v) is 18.2. The van der Waals surface area contributed by atoms with Gasteiger partial charge in [-0.3, -0.25) is 14.2 Å². The van der Waals surface area contributed by atoms with E-state index in [4.69, 9.17) is 23.2 Å². The molecule has 0 radical (unpaired) electrons. The number of nitrogens with one attached hydrogen (secondary N) is 1. The average Bonchev–Trinajstić information content (AvgIpc) is 3.01. The highest BCUT2D eigenvalue weighted by molar-refractivity contribution is 7.99. The van der Waals surface area contributed by atoms with E-state index < -0.39 is 0 Å². The number of hydrogen-bond acceptors (Lipinski definition) is 5. The van der Waals surface area contributed by atoms with Crippen LogP contribution in [0.4, 0.5) is 5.69 Å². The predicted octanol–water partition coefficient (Wildman–Crippen LogP) is 4.91. The van der Waals surface area contributed by atoms with Gasteiger partial charge in [0.15, 0.2) is 5.16 Å². The number of rotatable bonds is 4. The molecule has 1 aromatic carbocycles. The Morgan fingerprint density at radius 1 is 1.25 bits per heavy atom. The number of aryl methyl sites for hydroxylation is 2. The van der Waals surface area contributed by atoms with E-state index in [9.17, 15) is 9.59 Å². The molecule has 1 aliphatic carbocycles. The first-order chi connectivity index (χ1) is 13.4. The van der Waals surface area contributed by atoms with Gasteiger partial charge in [-0.05, 0) is 49.4 Å². The Morgan fingerprint density at radius 3 is 2.71 bits per heavy atom. The summed E-state index contributed by atoms with van der Waals surface area (Å²) in [6, 6.07) is 4.86. The molecule has 1 amide bonds. The highest BCUT2D eigenvalue weighted by atomic mass is 35.5. The quantitative estimate of drug-likeness (QED) is 0.450. The minimum atomic E-state index is -0.219. The SMILES string of the molecule is Cn1c(SCC(=O)Nc2cc(Cl)cc(Cl)c2)nc2sc3c(c2c1=O)CCCC3. The number of amides is 1. The van der Waals surface area contributed by atoms with Gasteiger partial charge >= 0.3 is 0 Å². The smallest absolute Gasteiger partial charge is 0.262 e. The van der Waals surface area contributed by atoms with E-state index in [1.165, 1.54) is 26.8 Å². The monoisotopic (exact) mass is 453 g/mol. The fourth-order valence-electron chi connectivity index (χ4n) is 3.35. The minimum Gasteiger partial charge on any atom is -0.325 e. The summed E-state index contributed by atoms with van der Waals surface area (Å²) in [6.45, 7) is 0. The maximum absolute atomic E-state index is 12.9. The van der Waals surface area contributed by atoms with Gasteiger partial charge in [0.25, 0.3) is 5.56 Å². The second-order valence-corrected chi connectivity index (χ2v) is 9.54. The van der Waals surface area contributed by atoms with E-state index >= 15 is 0 Å². The standard InChI is InChI=1S/C19H17Cl2N3O2S2/c1-24-18(26)16-13-4-2-3-5-14(13)28-17(16)23-19(24)27-9-15(25)22-12-7-10(20)6-11(21)8-12/h6-8H,2-5,9H2,1H3,(H,22,25). The van der Waals surface area contributed by atoms with E-state index in [0.29, 0.717) is 20.9 Å². The third kappa shape index (κ3) is 3.94. The summed E-state index contributed by atoms with van der Waals surface area (Å²) in [5.41, 5.74) is 1.67. The Bertz CT molecular complexity index is 1120. The second-order valence-electron chi connectivity index (χ2n) is 6.64. The summed E-state index contributed by atoms with van der Waals surface area (Å²) in [5, 5.41) is 4.96. The summed E-state index contributed by atoms with van der Waals surface area (Å²) in [5.74, 6) is -0.0933. The maximum atomic E-state index is 12.9. The molecule has 4 rings (SSSR count). The van der Waals surface area contributed by atoms with Gasteiger partial charge in [-0.25, -0.2) is 4.98 Å². The number of benzene rings is 1. The number of hydrogen-bond donors (Lipinski definition) is 1. The molecule has 1 N–H and O–H groups in total. The maximum Gasteiger partial charge on any atom is 0.262 e. The molecule has 0 saturated carbocycles. The Kier molecular flexibility index (Phi) is 5.69. The van der Waals surface area contributed by atoms with Crippen LogP contribution in [0.5, 0.6) is 0 Å². The molecule has 2 aromatic heterocycles. The third-order valence-corrected chi connectivity index (χ3v) is 7.29. The molecule has 9 heteroatoms. The van der Waals surface area contributed by atoms with Crippen LogP contribution in [0.15, 0.2) is 28.2 Å². The van der Waals surface area contributed by atoms with Crippen LogP contribution in [0.1, 0.15) is 23.3 Å². The number of carbonyl (C=O) groups is 1. The van der Waals surface area contributed by atoms with Crippen LogP contribution in [0.25, 0.3) is 10.2 Å². The van der Waals surface area contributed by atoms with Gasteiger partial charge in [-0.1, -0.05) is 35.0 Å². The summed E-state index contributed by atoms with van der Waals surface area (Å²) < 4.78 is 1.54. The molecular formula is C19H17Cl2N3O2S2. The van der Waals surface area contributed by atoms with Gasteiger partial charge in [-0.2, -0.15) is 0 Å². The lowest BCUT2D eigenvalue weighted by Crippen LogP contribution is -2.22. The first kappa shape index (κ1) is 19.8. The summed E-state index contributed by atoms with van der Waals surface area (Å²) in [7, 11) is 1.71. The van der Waals surface area contributed by atoms with Crippen LogP contribution < -0.4 is 10.9 Å². The molecule has 3 aromatic rings. The van der Waals surface area contributed by atoms with E-state index in [1.807, 2.05) is 0 Å². The Morgan fingerprint density at radius 2 is 1.96 bits per heavy atom.